The molecule has 1 aliphatic rings. The van der Waals surface area contributed by atoms with Gasteiger partial charge in [-0.1, -0.05) is 12.1 Å². The van der Waals surface area contributed by atoms with Crippen LogP contribution in [0.1, 0.15) is 27.9 Å². The number of aryl methyl sites for hydroxylation is 2. The predicted octanol–water partition coefficient (Wildman–Crippen LogP) is 4.37. The zero-order valence-corrected chi connectivity index (χ0v) is 13.5. The van der Waals surface area contributed by atoms with Gasteiger partial charge in [-0.2, -0.15) is 0 Å². The summed E-state index contributed by atoms with van der Waals surface area (Å²) in [6, 6.07) is 11.8. The highest BCUT2D eigenvalue weighted by molar-refractivity contribution is 9.10. The van der Waals surface area contributed by atoms with Gasteiger partial charge in [-0.25, -0.2) is 0 Å². The molecule has 0 aromatic heterocycles. The first-order valence-corrected chi connectivity index (χ1v) is 7.87. The monoisotopic (exact) mass is 344 g/mol. The predicted molar refractivity (Wildman–Crippen MR) is 90.1 cm³/mol. The molecule has 0 saturated heterocycles. The summed E-state index contributed by atoms with van der Waals surface area (Å²) in [5.74, 6) is -0.0994. The Bertz CT molecular complexity index is 697. The van der Waals surface area contributed by atoms with Gasteiger partial charge in [0.1, 0.15) is 0 Å². The minimum atomic E-state index is -0.0994. The van der Waals surface area contributed by atoms with E-state index in [1.807, 2.05) is 37.3 Å². The van der Waals surface area contributed by atoms with Crippen molar-refractivity contribution in [2.24, 2.45) is 0 Å². The van der Waals surface area contributed by atoms with Crippen LogP contribution < -0.4 is 10.6 Å². The molecule has 1 heterocycles. The van der Waals surface area contributed by atoms with Gasteiger partial charge in [-0.3, -0.25) is 4.79 Å². The van der Waals surface area contributed by atoms with E-state index in [2.05, 4.69) is 32.6 Å². The number of carbonyl (C=O) groups excluding carboxylic acids is 1. The number of anilines is 2. The zero-order valence-electron chi connectivity index (χ0n) is 11.9. The molecule has 0 spiro atoms. The van der Waals surface area contributed by atoms with Crippen LogP contribution in [-0.4, -0.2) is 12.5 Å². The van der Waals surface area contributed by atoms with Gasteiger partial charge in [0.2, 0.25) is 0 Å². The highest BCUT2D eigenvalue weighted by Crippen LogP contribution is 2.26. The van der Waals surface area contributed by atoms with Gasteiger partial charge in [-0.15, -0.1) is 0 Å². The van der Waals surface area contributed by atoms with E-state index >= 15 is 0 Å². The summed E-state index contributed by atoms with van der Waals surface area (Å²) >= 11 is 3.45. The van der Waals surface area contributed by atoms with Gasteiger partial charge >= 0.3 is 0 Å². The van der Waals surface area contributed by atoms with Crippen LogP contribution in [-0.2, 0) is 6.42 Å². The number of halogens is 1. The van der Waals surface area contributed by atoms with Crippen molar-refractivity contribution in [3.8, 4) is 0 Å². The standard InChI is InChI=1S/C17H17BrN2O/c1-11-4-7-14(15(18)9-11)17(21)20-13-6-5-12-3-2-8-19-16(12)10-13/h4-7,9-10,19H,2-3,8H2,1H3,(H,20,21). The SMILES string of the molecule is Cc1ccc(C(=O)Nc2ccc3c(c2)NCCC3)c(Br)c1. The van der Waals surface area contributed by atoms with Crippen LogP contribution in [0.2, 0.25) is 0 Å². The minimum absolute atomic E-state index is 0.0994. The molecule has 0 radical (unpaired) electrons. The Morgan fingerprint density at radius 2 is 2.10 bits per heavy atom. The van der Waals surface area contributed by atoms with Crippen molar-refractivity contribution in [1.29, 1.82) is 0 Å². The van der Waals surface area contributed by atoms with Crippen LogP contribution in [0, 0.1) is 6.92 Å². The molecule has 1 amide bonds. The molecule has 108 valence electrons. The topological polar surface area (TPSA) is 41.1 Å². The number of hydrogen-bond donors (Lipinski definition) is 2. The van der Waals surface area contributed by atoms with E-state index < -0.39 is 0 Å². The molecule has 2 aromatic rings. The summed E-state index contributed by atoms with van der Waals surface area (Å²) in [7, 11) is 0. The van der Waals surface area contributed by atoms with Gasteiger partial charge in [0.05, 0.1) is 5.56 Å². The van der Waals surface area contributed by atoms with Crippen LogP contribution in [0.15, 0.2) is 40.9 Å². The molecule has 0 aliphatic carbocycles. The Kier molecular flexibility index (Phi) is 3.97. The van der Waals surface area contributed by atoms with Crippen molar-refractivity contribution in [2.75, 3.05) is 17.2 Å². The summed E-state index contributed by atoms with van der Waals surface area (Å²) in [5, 5.41) is 6.33. The van der Waals surface area contributed by atoms with E-state index in [0.717, 1.165) is 40.8 Å². The molecule has 4 heteroatoms. The van der Waals surface area contributed by atoms with Crippen molar-refractivity contribution in [3.63, 3.8) is 0 Å². The Morgan fingerprint density at radius 3 is 2.90 bits per heavy atom. The molecule has 1 aliphatic heterocycles. The molecule has 0 saturated carbocycles. The molecule has 3 nitrogen and oxygen atoms in total. The Balaban J connectivity index is 1.81. The minimum Gasteiger partial charge on any atom is -0.385 e. The van der Waals surface area contributed by atoms with Crippen molar-refractivity contribution < 1.29 is 4.79 Å². The van der Waals surface area contributed by atoms with Crippen LogP contribution >= 0.6 is 15.9 Å². The van der Waals surface area contributed by atoms with E-state index in [9.17, 15) is 4.79 Å². The molecule has 2 aromatic carbocycles. The van der Waals surface area contributed by atoms with Crippen molar-refractivity contribution in [3.05, 3.63) is 57.6 Å². The maximum absolute atomic E-state index is 12.4. The first-order chi connectivity index (χ1) is 10.1. The molecular formula is C17H17BrN2O. The number of hydrogen-bond acceptors (Lipinski definition) is 2. The van der Waals surface area contributed by atoms with Gasteiger partial charge < -0.3 is 10.6 Å². The summed E-state index contributed by atoms with van der Waals surface area (Å²) in [4.78, 5) is 12.4. The summed E-state index contributed by atoms with van der Waals surface area (Å²) < 4.78 is 0.816. The van der Waals surface area contributed by atoms with Crippen molar-refractivity contribution >= 4 is 33.2 Å². The fraction of sp³-hybridized carbons (Fsp3) is 0.235. The number of benzene rings is 2. The highest BCUT2D eigenvalue weighted by atomic mass is 79.9. The normalized spacial score (nSPS) is 13.2. The average molecular weight is 345 g/mol. The fourth-order valence-electron chi connectivity index (χ4n) is 2.54. The first kappa shape index (κ1) is 14.1. The Hall–Kier alpha value is -1.81. The number of nitrogens with one attached hydrogen (secondary N) is 2. The largest absolute Gasteiger partial charge is 0.385 e. The van der Waals surface area contributed by atoms with Crippen LogP contribution in [0.5, 0.6) is 0 Å². The molecule has 21 heavy (non-hydrogen) atoms. The van der Waals surface area contributed by atoms with Gasteiger partial charge in [0.25, 0.3) is 5.91 Å². The Morgan fingerprint density at radius 1 is 1.24 bits per heavy atom. The van der Waals surface area contributed by atoms with Gasteiger partial charge in [0.15, 0.2) is 0 Å². The lowest BCUT2D eigenvalue weighted by atomic mass is 10.0. The third-order valence-electron chi connectivity index (χ3n) is 3.68. The third kappa shape index (κ3) is 3.10. The fourth-order valence-corrected chi connectivity index (χ4v) is 3.21. The number of rotatable bonds is 2. The summed E-state index contributed by atoms with van der Waals surface area (Å²) in [6.45, 7) is 3.00. The molecule has 3 rings (SSSR count). The number of fused-ring (bicyclic) bond motifs is 1. The van der Waals surface area contributed by atoms with Crippen molar-refractivity contribution in [2.45, 2.75) is 19.8 Å². The lowest BCUT2D eigenvalue weighted by molar-refractivity contribution is 0.102. The molecule has 2 N–H and O–H groups in total. The molecule has 0 fully saturated rings. The van der Waals surface area contributed by atoms with E-state index in [1.54, 1.807) is 0 Å². The molecule has 0 atom stereocenters. The van der Waals surface area contributed by atoms with Gasteiger partial charge in [-0.05, 0) is 71.1 Å². The molecular weight excluding hydrogens is 328 g/mol. The van der Waals surface area contributed by atoms with E-state index in [-0.39, 0.29) is 5.91 Å². The number of amides is 1. The van der Waals surface area contributed by atoms with Crippen molar-refractivity contribution in [1.82, 2.24) is 0 Å². The smallest absolute Gasteiger partial charge is 0.256 e. The highest BCUT2D eigenvalue weighted by Gasteiger charge is 2.13. The Labute approximate surface area is 132 Å². The number of carbonyl (C=O) groups is 1. The first-order valence-electron chi connectivity index (χ1n) is 7.08. The van der Waals surface area contributed by atoms with Crippen LogP contribution in [0.3, 0.4) is 0 Å². The lowest BCUT2D eigenvalue weighted by Crippen LogP contribution is -2.15. The maximum atomic E-state index is 12.4. The quantitative estimate of drug-likeness (QED) is 0.849. The van der Waals surface area contributed by atoms with Gasteiger partial charge in [0, 0.05) is 22.4 Å². The van der Waals surface area contributed by atoms with E-state index in [0.29, 0.717) is 5.56 Å². The third-order valence-corrected chi connectivity index (χ3v) is 4.33. The average Bonchev–Trinajstić information content (AvgIpc) is 2.47. The second kappa shape index (κ2) is 5.90. The second-order valence-corrected chi connectivity index (χ2v) is 6.19. The second-order valence-electron chi connectivity index (χ2n) is 5.34. The summed E-state index contributed by atoms with van der Waals surface area (Å²) in [6.07, 6.45) is 2.26. The van der Waals surface area contributed by atoms with Crippen LogP contribution in [0.4, 0.5) is 11.4 Å². The molecule has 0 unspecified atom stereocenters. The van der Waals surface area contributed by atoms with Crippen LogP contribution in [0.25, 0.3) is 0 Å². The summed E-state index contributed by atoms with van der Waals surface area (Å²) in [5.41, 5.74) is 5.03. The van der Waals surface area contributed by atoms with E-state index in [4.69, 9.17) is 0 Å². The molecule has 0 bridgehead atoms. The lowest BCUT2D eigenvalue weighted by Gasteiger charge is -2.19. The van der Waals surface area contributed by atoms with E-state index in [1.165, 1.54) is 5.56 Å². The maximum Gasteiger partial charge on any atom is 0.256 e. The zero-order chi connectivity index (χ0) is 14.8.